The Bertz CT molecular complexity index is 408. The van der Waals surface area contributed by atoms with Crippen molar-refractivity contribution in [3.05, 3.63) is 29.8 Å². The SMILES string of the molecule is CCCOc1cccc(C(=O)NC(C)(C)CN)c1.Cl. The Balaban J connectivity index is 0.00000324. The molecular weight excluding hydrogens is 264 g/mol. The van der Waals surface area contributed by atoms with Crippen LogP contribution in [0.25, 0.3) is 0 Å². The van der Waals surface area contributed by atoms with E-state index in [0.29, 0.717) is 18.7 Å². The quantitative estimate of drug-likeness (QED) is 0.844. The summed E-state index contributed by atoms with van der Waals surface area (Å²) in [5.41, 5.74) is 5.77. The van der Waals surface area contributed by atoms with E-state index in [1.807, 2.05) is 32.9 Å². The molecule has 0 aromatic heterocycles. The van der Waals surface area contributed by atoms with Crippen LogP contribution in [0.4, 0.5) is 0 Å². The van der Waals surface area contributed by atoms with E-state index in [9.17, 15) is 4.79 Å². The van der Waals surface area contributed by atoms with Crippen LogP contribution in [0.1, 0.15) is 37.6 Å². The van der Waals surface area contributed by atoms with Crippen LogP contribution in [0, 0.1) is 0 Å². The molecule has 4 nitrogen and oxygen atoms in total. The van der Waals surface area contributed by atoms with E-state index in [-0.39, 0.29) is 18.3 Å². The van der Waals surface area contributed by atoms with Crippen molar-refractivity contribution in [1.29, 1.82) is 0 Å². The summed E-state index contributed by atoms with van der Waals surface area (Å²) < 4.78 is 5.50. The minimum Gasteiger partial charge on any atom is -0.494 e. The second-order valence-corrected chi connectivity index (χ2v) is 4.92. The molecule has 3 N–H and O–H groups in total. The molecule has 1 rings (SSSR count). The molecule has 108 valence electrons. The maximum absolute atomic E-state index is 12.0. The topological polar surface area (TPSA) is 64.3 Å². The number of hydrogen-bond acceptors (Lipinski definition) is 3. The van der Waals surface area contributed by atoms with Crippen LogP contribution in [0.3, 0.4) is 0 Å². The first-order chi connectivity index (χ1) is 8.48. The van der Waals surface area contributed by atoms with Gasteiger partial charge in [0.1, 0.15) is 5.75 Å². The van der Waals surface area contributed by atoms with Crippen molar-refractivity contribution in [2.75, 3.05) is 13.2 Å². The van der Waals surface area contributed by atoms with Crippen molar-refractivity contribution in [2.45, 2.75) is 32.7 Å². The molecule has 0 saturated carbocycles. The van der Waals surface area contributed by atoms with Gasteiger partial charge in [-0.1, -0.05) is 13.0 Å². The molecule has 0 fully saturated rings. The van der Waals surface area contributed by atoms with E-state index in [1.54, 1.807) is 12.1 Å². The molecule has 0 atom stereocenters. The third-order valence-corrected chi connectivity index (χ3v) is 2.53. The fourth-order valence-corrected chi connectivity index (χ4v) is 1.38. The van der Waals surface area contributed by atoms with Gasteiger partial charge in [0.2, 0.25) is 0 Å². The van der Waals surface area contributed by atoms with E-state index in [2.05, 4.69) is 5.32 Å². The number of rotatable bonds is 6. The minimum atomic E-state index is -0.405. The lowest BCUT2D eigenvalue weighted by atomic mass is 10.1. The molecule has 0 heterocycles. The Morgan fingerprint density at radius 2 is 2.11 bits per heavy atom. The van der Waals surface area contributed by atoms with Crippen molar-refractivity contribution in [1.82, 2.24) is 5.32 Å². The monoisotopic (exact) mass is 286 g/mol. The number of nitrogens with two attached hydrogens (primary N) is 1. The number of amides is 1. The van der Waals surface area contributed by atoms with E-state index in [0.717, 1.165) is 12.2 Å². The number of carbonyl (C=O) groups excluding carboxylic acids is 1. The van der Waals surface area contributed by atoms with Gasteiger partial charge in [0.25, 0.3) is 5.91 Å². The molecule has 1 aromatic rings. The van der Waals surface area contributed by atoms with Gasteiger partial charge in [-0.05, 0) is 38.5 Å². The highest BCUT2D eigenvalue weighted by Crippen LogP contribution is 2.14. The number of hydrogen-bond donors (Lipinski definition) is 2. The number of ether oxygens (including phenoxy) is 1. The Morgan fingerprint density at radius 1 is 1.42 bits per heavy atom. The lowest BCUT2D eigenvalue weighted by Gasteiger charge is -2.24. The maximum atomic E-state index is 12.0. The minimum absolute atomic E-state index is 0. The molecule has 0 aliphatic heterocycles. The standard InChI is InChI=1S/C14H22N2O2.ClH/c1-4-8-18-12-7-5-6-11(9-12)13(17)16-14(2,3)10-15;/h5-7,9H,4,8,10,15H2,1-3H3,(H,16,17);1H. The zero-order chi connectivity index (χ0) is 13.6. The average molecular weight is 287 g/mol. The van der Waals surface area contributed by atoms with Gasteiger partial charge in [0.15, 0.2) is 0 Å². The van der Waals surface area contributed by atoms with Crippen molar-refractivity contribution < 1.29 is 9.53 Å². The summed E-state index contributed by atoms with van der Waals surface area (Å²) in [6.45, 7) is 6.87. The highest BCUT2D eigenvalue weighted by atomic mass is 35.5. The van der Waals surface area contributed by atoms with E-state index in [1.165, 1.54) is 0 Å². The van der Waals surface area contributed by atoms with Gasteiger partial charge in [-0.15, -0.1) is 12.4 Å². The second kappa shape index (κ2) is 8.02. The largest absolute Gasteiger partial charge is 0.494 e. The summed E-state index contributed by atoms with van der Waals surface area (Å²) >= 11 is 0. The average Bonchev–Trinajstić information content (AvgIpc) is 2.36. The van der Waals surface area contributed by atoms with Crippen LogP contribution in [-0.2, 0) is 0 Å². The lowest BCUT2D eigenvalue weighted by molar-refractivity contribution is 0.0915. The summed E-state index contributed by atoms with van der Waals surface area (Å²) in [5.74, 6) is 0.586. The Labute approximate surface area is 121 Å². The van der Waals surface area contributed by atoms with Crippen molar-refractivity contribution in [3.63, 3.8) is 0 Å². The molecule has 5 heteroatoms. The first-order valence-corrected chi connectivity index (χ1v) is 6.24. The van der Waals surface area contributed by atoms with Crippen molar-refractivity contribution >= 4 is 18.3 Å². The molecule has 0 bridgehead atoms. The predicted molar refractivity (Wildman–Crippen MR) is 80.1 cm³/mol. The van der Waals surface area contributed by atoms with Crippen LogP contribution in [-0.4, -0.2) is 24.6 Å². The van der Waals surface area contributed by atoms with E-state index < -0.39 is 5.54 Å². The molecule has 1 amide bonds. The molecule has 0 radical (unpaired) electrons. The highest BCUT2D eigenvalue weighted by Gasteiger charge is 2.19. The smallest absolute Gasteiger partial charge is 0.251 e. The van der Waals surface area contributed by atoms with Gasteiger partial charge in [0.05, 0.1) is 6.61 Å². The van der Waals surface area contributed by atoms with Gasteiger partial charge >= 0.3 is 0 Å². The molecule has 0 aliphatic carbocycles. The fourth-order valence-electron chi connectivity index (χ4n) is 1.38. The predicted octanol–water partition coefficient (Wildman–Crippen LogP) is 2.36. The zero-order valence-electron chi connectivity index (χ0n) is 11.7. The number of nitrogens with one attached hydrogen (secondary N) is 1. The Morgan fingerprint density at radius 3 is 2.68 bits per heavy atom. The van der Waals surface area contributed by atoms with E-state index >= 15 is 0 Å². The first-order valence-electron chi connectivity index (χ1n) is 6.24. The first kappa shape index (κ1) is 17.7. The van der Waals surface area contributed by atoms with Gasteiger partial charge in [0, 0.05) is 17.6 Å². The molecule has 1 aromatic carbocycles. The number of halogens is 1. The van der Waals surface area contributed by atoms with Gasteiger partial charge in [-0.2, -0.15) is 0 Å². The van der Waals surface area contributed by atoms with Crippen LogP contribution < -0.4 is 15.8 Å². The maximum Gasteiger partial charge on any atom is 0.251 e. The van der Waals surface area contributed by atoms with E-state index in [4.69, 9.17) is 10.5 Å². The van der Waals surface area contributed by atoms with Crippen LogP contribution in [0.2, 0.25) is 0 Å². The van der Waals surface area contributed by atoms with Gasteiger partial charge < -0.3 is 15.8 Å². The summed E-state index contributed by atoms with van der Waals surface area (Å²) in [6.07, 6.45) is 0.941. The highest BCUT2D eigenvalue weighted by molar-refractivity contribution is 5.95. The molecule has 19 heavy (non-hydrogen) atoms. The summed E-state index contributed by atoms with van der Waals surface area (Å²) in [6, 6.07) is 7.17. The molecular formula is C14H23ClN2O2. The summed E-state index contributed by atoms with van der Waals surface area (Å²) in [5, 5.41) is 2.89. The Kier molecular flexibility index (Phi) is 7.49. The molecule has 0 spiro atoms. The third kappa shape index (κ3) is 5.94. The van der Waals surface area contributed by atoms with Gasteiger partial charge in [-0.3, -0.25) is 4.79 Å². The van der Waals surface area contributed by atoms with Crippen LogP contribution >= 0.6 is 12.4 Å². The third-order valence-electron chi connectivity index (χ3n) is 2.53. The van der Waals surface area contributed by atoms with Crippen molar-refractivity contribution in [2.24, 2.45) is 5.73 Å². The second-order valence-electron chi connectivity index (χ2n) is 4.92. The van der Waals surface area contributed by atoms with Crippen LogP contribution in [0.15, 0.2) is 24.3 Å². The normalized spacial score (nSPS) is 10.5. The number of carbonyl (C=O) groups is 1. The van der Waals surface area contributed by atoms with Gasteiger partial charge in [-0.25, -0.2) is 0 Å². The molecule has 0 saturated heterocycles. The lowest BCUT2D eigenvalue weighted by Crippen LogP contribution is -2.48. The summed E-state index contributed by atoms with van der Waals surface area (Å²) in [4.78, 5) is 12.0. The fraction of sp³-hybridized carbons (Fsp3) is 0.500. The van der Waals surface area contributed by atoms with Crippen LogP contribution in [0.5, 0.6) is 5.75 Å². The number of benzene rings is 1. The Hall–Kier alpha value is -1.26. The molecule has 0 aliphatic rings. The summed E-state index contributed by atoms with van der Waals surface area (Å²) in [7, 11) is 0. The van der Waals surface area contributed by atoms with Crippen molar-refractivity contribution in [3.8, 4) is 5.75 Å². The zero-order valence-corrected chi connectivity index (χ0v) is 12.5. The molecule has 0 unspecified atom stereocenters.